The predicted molar refractivity (Wildman–Crippen MR) is 161 cm³/mol. The summed E-state index contributed by atoms with van der Waals surface area (Å²) in [6.45, 7) is 4.00. The van der Waals surface area contributed by atoms with E-state index in [1.807, 2.05) is 48.5 Å². The van der Waals surface area contributed by atoms with Gasteiger partial charge in [-0.25, -0.2) is 9.59 Å². The molecule has 14 nitrogen and oxygen atoms in total. The van der Waals surface area contributed by atoms with Gasteiger partial charge in [0.05, 0.1) is 6.10 Å². The quantitative estimate of drug-likeness (QED) is 0.251. The average molecular weight is 656 g/mol. The molecule has 47 heavy (non-hydrogen) atoms. The first-order valence-corrected chi connectivity index (χ1v) is 15.0. The number of alkyl carbamates (subject to hydrolysis) is 1. The molecule has 0 aromatic heterocycles. The number of rotatable bonds is 12. The van der Waals surface area contributed by atoms with E-state index in [1.165, 1.54) is 0 Å². The third-order valence-corrected chi connectivity index (χ3v) is 7.76. The normalized spacial score (nSPS) is 22.1. The number of nitrogens with one attached hydrogen (secondary N) is 1. The van der Waals surface area contributed by atoms with E-state index in [0.717, 1.165) is 49.9 Å². The van der Waals surface area contributed by atoms with Crippen LogP contribution in [0.15, 0.2) is 48.5 Å². The number of hydrogen-bond donors (Lipinski definition) is 2. The molecule has 1 saturated heterocycles. The molecule has 252 valence electrons. The van der Waals surface area contributed by atoms with E-state index in [1.54, 1.807) is 0 Å². The van der Waals surface area contributed by atoms with Crippen molar-refractivity contribution < 1.29 is 62.3 Å². The second-order valence-electron chi connectivity index (χ2n) is 11.2. The topological polar surface area (TPSA) is 190 Å². The highest BCUT2D eigenvalue weighted by Gasteiger charge is 2.52. The Labute approximate surface area is 270 Å². The van der Waals surface area contributed by atoms with Gasteiger partial charge in [-0.1, -0.05) is 48.5 Å². The molecule has 1 aliphatic heterocycles. The Kier molecular flexibility index (Phi) is 11.5. The first kappa shape index (κ1) is 34.9. The van der Waals surface area contributed by atoms with Gasteiger partial charge in [-0.2, -0.15) is 0 Å². The number of esters is 4. The molecule has 2 aromatic rings. The van der Waals surface area contributed by atoms with Crippen LogP contribution in [0, 0.1) is 0 Å². The van der Waals surface area contributed by atoms with E-state index in [-0.39, 0.29) is 25.4 Å². The number of fused-ring (bicyclic) bond motifs is 3. The summed E-state index contributed by atoms with van der Waals surface area (Å²) >= 11 is 0. The zero-order valence-corrected chi connectivity index (χ0v) is 26.3. The smallest absolute Gasteiger partial charge is 0.407 e. The lowest BCUT2D eigenvalue weighted by Gasteiger charge is -2.44. The number of ether oxygens (including phenoxy) is 6. The van der Waals surface area contributed by atoms with Crippen LogP contribution in [-0.2, 0) is 52.4 Å². The van der Waals surface area contributed by atoms with E-state index in [4.69, 9.17) is 28.4 Å². The fraction of sp³-hybridized carbons (Fsp3) is 0.455. The molecule has 0 radical (unpaired) electrons. The highest BCUT2D eigenvalue weighted by atomic mass is 16.7. The van der Waals surface area contributed by atoms with Crippen LogP contribution < -0.4 is 5.32 Å². The van der Waals surface area contributed by atoms with E-state index in [2.05, 4.69) is 5.32 Å². The third kappa shape index (κ3) is 8.85. The number of carboxylic acid groups (broad SMARTS) is 1. The van der Waals surface area contributed by atoms with Gasteiger partial charge in [-0.3, -0.25) is 19.2 Å². The molecule has 0 bridgehead atoms. The van der Waals surface area contributed by atoms with Crippen molar-refractivity contribution in [1.29, 1.82) is 0 Å². The summed E-state index contributed by atoms with van der Waals surface area (Å²) in [6.07, 6.45) is -7.75. The molecule has 0 saturated carbocycles. The first-order chi connectivity index (χ1) is 22.3. The number of carboxylic acids is 1. The maximum atomic E-state index is 12.9. The molecule has 1 amide bonds. The van der Waals surface area contributed by atoms with Crippen molar-refractivity contribution in [2.75, 3.05) is 13.2 Å². The van der Waals surface area contributed by atoms with Crippen molar-refractivity contribution in [3.8, 4) is 11.1 Å². The molecule has 14 heteroatoms. The van der Waals surface area contributed by atoms with Crippen LogP contribution in [-0.4, -0.2) is 90.8 Å². The zero-order chi connectivity index (χ0) is 34.2. The standard InChI is InChI=1S/C33H37NO13/c1-17(35)42-16-28-30(45-19(3)37)31(46-20(4)38)29(44-18(2)36)27(47-28)14-13-26(32(39)40)34-33(41)43-15-25-23-11-7-5-9-21(23)22-10-6-8-12-24(22)25/h5-12,25-31H,13-16H2,1-4H3,(H,34,41)(H,39,40)/t26-,27-,28+,29-,30-,31+/m0/s1. The Balaban J connectivity index is 1.48. The van der Waals surface area contributed by atoms with E-state index in [9.17, 15) is 33.9 Å². The number of benzene rings is 2. The molecule has 0 unspecified atom stereocenters. The minimum Gasteiger partial charge on any atom is -0.480 e. The maximum Gasteiger partial charge on any atom is 0.407 e. The molecular formula is C33H37NO13. The average Bonchev–Trinajstić information content (AvgIpc) is 3.32. The van der Waals surface area contributed by atoms with Gasteiger partial charge >= 0.3 is 35.9 Å². The van der Waals surface area contributed by atoms with Crippen LogP contribution in [0.5, 0.6) is 0 Å². The molecule has 4 rings (SSSR count). The van der Waals surface area contributed by atoms with Gasteiger partial charge in [-0.05, 0) is 35.1 Å². The lowest BCUT2D eigenvalue weighted by atomic mass is 9.91. The Bertz CT molecular complexity index is 1460. The molecule has 2 N–H and O–H groups in total. The molecule has 0 spiro atoms. The number of carbonyl (C=O) groups is 6. The van der Waals surface area contributed by atoms with Gasteiger partial charge in [0.2, 0.25) is 0 Å². The highest BCUT2D eigenvalue weighted by molar-refractivity contribution is 5.81. The molecule has 2 aliphatic rings. The fourth-order valence-electron chi connectivity index (χ4n) is 5.92. The molecule has 1 fully saturated rings. The second kappa shape index (κ2) is 15.5. The fourth-order valence-corrected chi connectivity index (χ4v) is 5.92. The van der Waals surface area contributed by atoms with E-state index < -0.39 is 79.1 Å². The van der Waals surface area contributed by atoms with E-state index >= 15 is 0 Å². The Morgan fingerprint density at radius 1 is 0.702 bits per heavy atom. The minimum absolute atomic E-state index is 0.0358. The summed E-state index contributed by atoms with van der Waals surface area (Å²) in [6, 6.07) is 14.1. The summed E-state index contributed by atoms with van der Waals surface area (Å²) in [7, 11) is 0. The molecule has 6 atom stereocenters. The van der Waals surface area contributed by atoms with Crippen LogP contribution in [0.25, 0.3) is 11.1 Å². The van der Waals surface area contributed by atoms with Gasteiger partial charge in [0.1, 0.15) is 25.4 Å². The lowest BCUT2D eigenvalue weighted by Crippen LogP contribution is -2.62. The second-order valence-corrected chi connectivity index (χ2v) is 11.2. The lowest BCUT2D eigenvalue weighted by molar-refractivity contribution is -0.253. The SMILES string of the molecule is CC(=O)OC[C@H]1O[C@@H](CC[C@H](NC(=O)OCC2c3ccccc3-c3ccccc32)C(=O)O)[C@H](OC(C)=O)[C@@H](OC(C)=O)[C@H]1OC(C)=O. The molecule has 1 heterocycles. The maximum absolute atomic E-state index is 12.9. The molecular weight excluding hydrogens is 618 g/mol. The third-order valence-electron chi connectivity index (χ3n) is 7.76. The van der Waals surface area contributed by atoms with Gasteiger partial charge in [0.25, 0.3) is 0 Å². The summed E-state index contributed by atoms with van der Waals surface area (Å²) in [5.74, 6) is -4.64. The van der Waals surface area contributed by atoms with Crippen LogP contribution >= 0.6 is 0 Å². The molecule has 1 aliphatic carbocycles. The van der Waals surface area contributed by atoms with Crippen molar-refractivity contribution >= 4 is 35.9 Å². The van der Waals surface area contributed by atoms with Crippen LogP contribution in [0.4, 0.5) is 4.79 Å². The summed E-state index contributed by atoms with van der Waals surface area (Å²) in [5, 5.41) is 12.3. The first-order valence-electron chi connectivity index (χ1n) is 15.0. The Morgan fingerprint density at radius 2 is 1.21 bits per heavy atom. The summed E-state index contributed by atoms with van der Waals surface area (Å²) in [4.78, 5) is 72.7. The largest absolute Gasteiger partial charge is 0.480 e. The monoisotopic (exact) mass is 655 g/mol. The molecule has 2 aromatic carbocycles. The van der Waals surface area contributed by atoms with Gasteiger partial charge < -0.3 is 38.8 Å². The number of carbonyl (C=O) groups excluding carboxylic acids is 5. The van der Waals surface area contributed by atoms with Crippen molar-refractivity contribution in [3.05, 3.63) is 59.7 Å². The van der Waals surface area contributed by atoms with Gasteiger partial charge in [0.15, 0.2) is 18.3 Å². The summed E-state index contributed by atoms with van der Waals surface area (Å²) < 4.78 is 32.8. The number of aliphatic carboxylic acids is 1. The predicted octanol–water partition coefficient (Wildman–Crippen LogP) is 2.88. The van der Waals surface area contributed by atoms with Crippen molar-refractivity contribution in [3.63, 3.8) is 0 Å². The summed E-state index contributed by atoms with van der Waals surface area (Å²) in [5.41, 5.74) is 4.04. The van der Waals surface area contributed by atoms with Crippen molar-refractivity contribution in [1.82, 2.24) is 5.32 Å². The zero-order valence-electron chi connectivity index (χ0n) is 26.3. The van der Waals surface area contributed by atoms with Crippen molar-refractivity contribution in [2.45, 2.75) is 83.0 Å². The Morgan fingerprint density at radius 3 is 1.72 bits per heavy atom. The van der Waals surface area contributed by atoms with Crippen LogP contribution in [0.3, 0.4) is 0 Å². The van der Waals surface area contributed by atoms with Crippen LogP contribution in [0.1, 0.15) is 57.6 Å². The van der Waals surface area contributed by atoms with Crippen molar-refractivity contribution in [2.24, 2.45) is 0 Å². The van der Waals surface area contributed by atoms with E-state index in [0.29, 0.717) is 0 Å². The van der Waals surface area contributed by atoms with Crippen LogP contribution in [0.2, 0.25) is 0 Å². The highest BCUT2D eigenvalue weighted by Crippen LogP contribution is 2.44. The number of hydrogen-bond acceptors (Lipinski definition) is 12. The number of amides is 1. The van der Waals surface area contributed by atoms with Gasteiger partial charge in [-0.15, -0.1) is 0 Å². The minimum atomic E-state index is -1.46. The Hall–Kier alpha value is -4.98. The van der Waals surface area contributed by atoms with Gasteiger partial charge in [0, 0.05) is 33.6 Å².